The van der Waals surface area contributed by atoms with Gasteiger partial charge in [0.2, 0.25) is 21.8 Å². The average molecular weight is 504 g/mol. The number of nitrogens with zero attached hydrogens (tertiary/aromatic N) is 2. The summed E-state index contributed by atoms with van der Waals surface area (Å²) < 4.78 is 38.3. The summed E-state index contributed by atoms with van der Waals surface area (Å²) in [5.74, 6) is -0.0294. The van der Waals surface area contributed by atoms with E-state index in [4.69, 9.17) is 9.47 Å². The maximum absolute atomic E-state index is 13.6. The molecule has 0 aromatic heterocycles. The number of carbonyl (C=O) groups is 2. The van der Waals surface area contributed by atoms with Crippen LogP contribution in [0.25, 0.3) is 0 Å². The van der Waals surface area contributed by atoms with Crippen LogP contribution in [-0.2, 0) is 26.2 Å². The molecule has 0 spiro atoms. The maximum atomic E-state index is 13.6. The third kappa shape index (κ3) is 6.66. The van der Waals surface area contributed by atoms with Crippen molar-refractivity contribution in [3.05, 3.63) is 54.1 Å². The van der Waals surface area contributed by atoms with Crippen LogP contribution in [-0.4, -0.2) is 63.2 Å². The second-order valence-corrected chi connectivity index (χ2v) is 10.4. The van der Waals surface area contributed by atoms with E-state index < -0.39 is 28.5 Å². The van der Waals surface area contributed by atoms with Crippen LogP contribution in [0.5, 0.6) is 11.5 Å². The van der Waals surface area contributed by atoms with Crippen molar-refractivity contribution in [2.45, 2.75) is 39.8 Å². The molecule has 2 aromatic carbocycles. The van der Waals surface area contributed by atoms with Crippen molar-refractivity contribution in [1.82, 2.24) is 10.2 Å². The highest BCUT2D eigenvalue weighted by Gasteiger charge is 2.31. The second-order valence-electron chi connectivity index (χ2n) is 8.21. The first kappa shape index (κ1) is 26.3. The highest BCUT2D eigenvalue weighted by atomic mass is 32.2. The van der Waals surface area contributed by atoms with Crippen molar-refractivity contribution in [3.63, 3.8) is 0 Å². The van der Waals surface area contributed by atoms with Crippen molar-refractivity contribution < 1.29 is 27.5 Å². The number of nitrogens with one attached hydrogen (secondary N) is 1. The Bertz CT molecular complexity index is 1120. The van der Waals surface area contributed by atoms with Crippen LogP contribution in [0.15, 0.2) is 48.5 Å². The largest absolute Gasteiger partial charge is 0.486 e. The lowest BCUT2D eigenvalue weighted by Gasteiger charge is -2.32. The number of hydrogen-bond acceptors (Lipinski definition) is 6. The lowest BCUT2D eigenvalue weighted by molar-refractivity contribution is -0.139. The van der Waals surface area contributed by atoms with Gasteiger partial charge in [-0.3, -0.25) is 13.9 Å². The first-order valence-electron chi connectivity index (χ1n) is 11.8. The fourth-order valence-electron chi connectivity index (χ4n) is 3.67. The molecule has 2 aromatic rings. The summed E-state index contributed by atoms with van der Waals surface area (Å²) in [4.78, 5) is 27.7. The molecule has 1 atom stereocenters. The summed E-state index contributed by atoms with van der Waals surface area (Å²) in [7, 11) is -3.81. The van der Waals surface area contributed by atoms with Crippen molar-refractivity contribution in [2.24, 2.45) is 0 Å². The maximum Gasteiger partial charge on any atom is 0.244 e. The molecule has 0 saturated heterocycles. The van der Waals surface area contributed by atoms with Gasteiger partial charge < -0.3 is 19.7 Å². The Kier molecular flexibility index (Phi) is 8.97. The number of carbonyl (C=O) groups excluding carboxylic acids is 2. The zero-order chi connectivity index (χ0) is 25.4. The van der Waals surface area contributed by atoms with E-state index in [0.29, 0.717) is 36.9 Å². The first-order chi connectivity index (χ1) is 16.8. The summed E-state index contributed by atoms with van der Waals surface area (Å²) >= 11 is 0. The summed E-state index contributed by atoms with van der Waals surface area (Å²) in [5, 5.41) is 2.82. The molecule has 0 bridgehead atoms. The van der Waals surface area contributed by atoms with E-state index in [1.54, 1.807) is 25.1 Å². The molecule has 35 heavy (non-hydrogen) atoms. The Balaban J connectivity index is 1.92. The highest BCUT2D eigenvalue weighted by Crippen LogP contribution is 2.35. The Hall–Kier alpha value is -3.27. The number of rotatable bonds is 11. The number of amides is 2. The topological polar surface area (TPSA) is 105 Å². The van der Waals surface area contributed by atoms with Gasteiger partial charge in [-0.2, -0.15) is 0 Å². The quantitative estimate of drug-likeness (QED) is 0.505. The van der Waals surface area contributed by atoms with E-state index in [2.05, 4.69) is 5.32 Å². The summed E-state index contributed by atoms with van der Waals surface area (Å²) in [5.41, 5.74) is 1.13. The zero-order valence-corrected chi connectivity index (χ0v) is 21.2. The molecule has 0 unspecified atom stereocenters. The molecule has 1 aliphatic heterocycles. The van der Waals surface area contributed by atoms with Gasteiger partial charge in [0, 0.05) is 19.2 Å². The van der Waals surface area contributed by atoms with Gasteiger partial charge in [0.05, 0.1) is 11.4 Å². The number of sulfonamides is 1. The van der Waals surface area contributed by atoms with Gasteiger partial charge in [-0.05, 0) is 38.0 Å². The normalized spacial score (nSPS) is 13.6. The van der Waals surface area contributed by atoms with Crippen LogP contribution in [0.3, 0.4) is 0 Å². The van der Waals surface area contributed by atoms with Crippen LogP contribution in [0, 0.1) is 0 Å². The van der Waals surface area contributed by atoms with E-state index in [9.17, 15) is 18.0 Å². The molecule has 3 rings (SSSR count). The fraction of sp³-hybridized carbons (Fsp3) is 0.440. The molecular weight excluding hydrogens is 470 g/mol. The zero-order valence-electron chi connectivity index (χ0n) is 20.4. The number of fused-ring (bicyclic) bond motifs is 1. The van der Waals surface area contributed by atoms with Crippen molar-refractivity contribution in [2.75, 3.05) is 36.4 Å². The molecule has 190 valence electrons. The summed E-state index contributed by atoms with van der Waals surface area (Å²) in [6.45, 7) is 6.08. The van der Waals surface area contributed by atoms with Crippen molar-refractivity contribution >= 4 is 27.5 Å². The Labute approximate surface area is 207 Å². The van der Waals surface area contributed by atoms with Gasteiger partial charge in [0.25, 0.3) is 0 Å². The fourth-order valence-corrected chi connectivity index (χ4v) is 4.72. The molecule has 1 heterocycles. The predicted octanol–water partition coefficient (Wildman–Crippen LogP) is 2.56. The predicted molar refractivity (Wildman–Crippen MR) is 134 cm³/mol. The smallest absolute Gasteiger partial charge is 0.244 e. The van der Waals surface area contributed by atoms with Crippen LogP contribution in [0.2, 0.25) is 0 Å². The first-order valence-corrected chi connectivity index (χ1v) is 13.4. The summed E-state index contributed by atoms with van der Waals surface area (Å²) in [6.07, 6.45) is 0.762. The molecule has 10 heteroatoms. The number of hydrogen-bond donors (Lipinski definition) is 1. The van der Waals surface area contributed by atoms with Gasteiger partial charge in [-0.1, -0.05) is 37.3 Å². The van der Waals surface area contributed by atoms with Crippen LogP contribution < -0.4 is 19.1 Å². The van der Waals surface area contributed by atoms with Gasteiger partial charge in [-0.25, -0.2) is 8.42 Å². The highest BCUT2D eigenvalue weighted by molar-refractivity contribution is 7.92. The SMILES string of the molecule is CCCNC(=O)[C@H](C)N(Cc1ccccc1)C(=O)CN(c1ccc2c(c1)OCCO2)S(=O)(=O)CC. The molecule has 1 N–H and O–H groups in total. The van der Waals surface area contributed by atoms with E-state index in [1.807, 2.05) is 37.3 Å². The van der Waals surface area contributed by atoms with Crippen molar-refractivity contribution in [3.8, 4) is 11.5 Å². The Morgan fingerprint density at radius 1 is 1.03 bits per heavy atom. The van der Waals surface area contributed by atoms with Crippen LogP contribution in [0.4, 0.5) is 5.69 Å². The van der Waals surface area contributed by atoms with E-state index in [0.717, 1.165) is 16.3 Å². The van der Waals surface area contributed by atoms with E-state index in [1.165, 1.54) is 11.8 Å². The Morgan fingerprint density at radius 3 is 2.37 bits per heavy atom. The molecule has 0 saturated carbocycles. The standard InChI is InChI=1S/C25H33N3O6S/c1-4-13-26-25(30)19(3)27(17-20-9-7-6-8-10-20)24(29)18-28(35(31,32)5-2)21-11-12-22-23(16-21)34-15-14-33-22/h6-12,16,19H,4-5,13-15,17-18H2,1-3H3,(H,26,30)/t19-/m0/s1. The third-order valence-electron chi connectivity index (χ3n) is 5.71. The average Bonchev–Trinajstić information content (AvgIpc) is 2.88. The minimum Gasteiger partial charge on any atom is -0.486 e. The third-order valence-corrected chi connectivity index (χ3v) is 7.45. The van der Waals surface area contributed by atoms with Crippen LogP contribution >= 0.6 is 0 Å². The van der Waals surface area contributed by atoms with Gasteiger partial charge in [0.15, 0.2) is 11.5 Å². The van der Waals surface area contributed by atoms with Gasteiger partial charge in [0.1, 0.15) is 25.8 Å². The second kappa shape index (κ2) is 11.9. The lowest BCUT2D eigenvalue weighted by atomic mass is 10.1. The monoisotopic (exact) mass is 503 g/mol. The number of ether oxygens (including phenoxy) is 2. The van der Waals surface area contributed by atoms with Gasteiger partial charge >= 0.3 is 0 Å². The minimum atomic E-state index is -3.81. The van der Waals surface area contributed by atoms with Gasteiger partial charge in [-0.15, -0.1) is 0 Å². The number of benzene rings is 2. The molecule has 0 aliphatic carbocycles. The molecule has 2 amide bonds. The molecular formula is C25H33N3O6S. The number of anilines is 1. The molecule has 9 nitrogen and oxygen atoms in total. The van der Waals surface area contributed by atoms with Crippen LogP contribution in [0.1, 0.15) is 32.8 Å². The van der Waals surface area contributed by atoms with E-state index in [-0.39, 0.29) is 18.2 Å². The summed E-state index contributed by atoms with van der Waals surface area (Å²) in [6, 6.07) is 13.3. The Morgan fingerprint density at radius 2 is 1.71 bits per heavy atom. The minimum absolute atomic E-state index is 0.168. The van der Waals surface area contributed by atoms with E-state index >= 15 is 0 Å². The lowest BCUT2D eigenvalue weighted by Crippen LogP contribution is -2.51. The molecule has 0 fully saturated rings. The molecule has 0 radical (unpaired) electrons. The molecule has 1 aliphatic rings. The van der Waals surface area contributed by atoms with Crippen molar-refractivity contribution in [1.29, 1.82) is 0 Å².